The van der Waals surface area contributed by atoms with Gasteiger partial charge in [-0.3, -0.25) is 4.55 Å². The van der Waals surface area contributed by atoms with Crippen molar-refractivity contribution in [1.29, 1.82) is 0 Å². The fourth-order valence-corrected chi connectivity index (χ4v) is 1.39. The molecule has 4 nitrogen and oxygen atoms in total. The third kappa shape index (κ3) is 3.37. The van der Waals surface area contributed by atoms with Crippen LogP contribution >= 0.6 is 0 Å². The Balaban J connectivity index is 4.52. The van der Waals surface area contributed by atoms with E-state index >= 15 is 0 Å². The molecule has 0 heterocycles. The smallest absolute Gasteiger partial charge is 0.273 e. The van der Waals surface area contributed by atoms with Gasteiger partial charge in [0.05, 0.1) is 6.54 Å². The van der Waals surface area contributed by atoms with E-state index in [2.05, 4.69) is 5.92 Å². The maximum absolute atomic E-state index is 10.5. The van der Waals surface area contributed by atoms with E-state index in [0.717, 1.165) is 4.31 Å². The first-order valence-electron chi connectivity index (χ1n) is 3.07. The third-order valence-corrected chi connectivity index (χ3v) is 2.26. The van der Waals surface area contributed by atoms with Crippen molar-refractivity contribution in [2.45, 2.75) is 19.9 Å². The summed E-state index contributed by atoms with van der Waals surface area (Å²) in [5, 5.41) is 0. The number of rotatable bonds is 3. The molecule has 0 aliphatic heterocycles. The summed E-state index contributed by atoms with van der Waals surface area (Å²) in [5.41, 5.74) is 0. The van der Waals surface area contributed by atoms with Gasteiger partial charge in [-0.25, -0.2) is 0 Å². The maximum atomic E-state index is 10.5. The molecular weight excluding hydrogens is 166 g/mol. The Hall–Kier alpha value is -0.570. The van der Waals surface area contributed by atoms with Crippen LogP contribution in [0.2, 0.25) is 0 Å². The minimum atomic E-state index is -4.14. The predicted molar refractivity (Wildman–Crippen MR) is 42.2 cm³/mol. The highest BCUT2D eigenvalue weighted by molar-refractivity contribution is 7.83. The van der Waals surface area contributed by atoms with E-state index in [9.17, 15) is 8.42 Å². The molecule has 0 bridgehead atoms. The minimum Gasteiger partial charge on any atom is -0.273 e. The van der Waals surface area contributed by atoms with Gasteiger partial charge in [-0.05, 0) is 13.8 Å². The molecule has 0 saturated carbocycles. The molecule has 0 aromatic heterocycles. The SMILES string of the molecule is C#CCN(C(C)C)S(=O)(=O)O. The monoisotopic (exact) mass is 177 g/mol. The van der Waals surface area contributed by atoms with Gasteiger partial charge in [-0.1, -0.05) is 5.92 Å². The zero-order valence-corrected chi connectivity index (χ0v) is 7.30. The molecule has 1 N–H and O–H groups in total. The van der Waals surface area contributed by atoms with Gasteiger partial charge in [0, 0.05) is 6.04 Å². The lowest BCUT2D eigenvalue weighted by Gasteiger charge is -2.19. The molecule has 0 aromatic carbocycles. The van der Waals surface area contributed by atoms with Crippen LogP contribution in [-0.2, 0) is 10.3 Å². The predicted octanol–water partition coefficient (Wildman–Crippen LogP) is 0.133. The van der Waals surface area contributed by atoms with E-state index in [-0.39, 0.29) is 12.6 Å². The van der Waals surface area contributed by atoms with Gasteiger partial charge in [0.2, 0.25) is 0 Å². The Bertz CT molecular complexity index is 249. The molecule has 0 aliphatic rings. The number of terminal acetylenes is 1. The van der Waals surface area contributed by atoms with Gasteiger partial charge in [0.1, 0.15) is 0 Å². The molecule has 0 atom stereocenters. The molecule has 64 valence electrons. The highest BCUT2D eigenvalue weighted by Crippen LogP contribution is 2.02. The summed E-state index contributed by atoms with van der Waals surface area (Å²) < 4.78 is 30.5. The Morgan fingerprint density at radius 2 is 2.09 bits per heavy atom. The fourth-order valence-electron chi connectivity index (χ4n) is 0.621. The molecule has 0 aromatic rings. The van der Waals surface area contributed by atoms with Gasteiger partial charge in [0.25, 0.3) is 0 Å². The Morgan fingerprint density at radius 1 is 1.64 bits per heavy atom. The van der Waals surface area contributed by atoms with Crippen LogP contribution in [0.15, 0.2) is 0 Å². The minimum absolute atomic E-state index is 0.101. The van der Waals surface area contributed by atoms with Crippen molar-refractivity contribution in [2.24, 2.45) is 0 Å². The van der Waals surface area contributed by atoms with E-state index < -0.39 is 10.3 Å². The largest absolute Gasteiger partial charge is 0.337 e. The second-order valence-corrected chi connectivity index (χ2v) is 3.69. The van der Waals surface area contributed by atoms with E-state index in [1.807, 2.05) is 0 Å². The van der Waals surface area contributed by atoms with E-state index in [4.69, 9.17) is 11.0 Å². The van der Waals surface area contributed by atoms with Crippen molar-refractivity contribution in [3.8, 4) is 12.3 Å². The number of hydrogen-bond acceptors (Lipinski definition) is 2. The van der Waals surface area contributed by atoms with Crippen molar-refractivity contribution in [2.75, 3.05) is 6.54 Å². The summed E-state index contributed by atoms with van der Waals surface area (Å²) in [6.07, 6.45) is 4.90. The molecule has 0 unspecified atom stereocenters. The zero-order valence-electron chi connectivity index (χ0n) is 6.48. The van der Waals surface area contributed by atoms with E-state index in [1.165, 1.54) is 0 Å². The second kappa shape index (κ2) is 3.72. The Kier molecular flexibility index (Phi) is 3.52. The molecule has 0 rings (SSSR count). The van der Waals surface area contributed by atoms with Crippen LogP contribution in [0.5, 0.6) is 0 Å². The second-order valence-electron chi connectivity index (χ2n) is 2.32. The molecule has 0 saturated heterocycles. The lowest BCUT2D eigenvalue weighted by molar-refractivity contribution is 0.334. The van der Waals surface area contributed by atoms with Gasteiger partial charge in [0.15, 0.2) is 0 Å². The highest BCUT2D eigenvalue weighted by atomic mass is 32.2. The van der Waals surface area contributed by atoms with Crippen LogP contribution in [0.3, 0.4) is 0 Å². The molecule has 11 heavy (non-hydrogen) atoms. The summed E-state index contributed by atoms with van der Waals surface area (Å²) in [7, 11) is -4.14. The first-order chi connectivity index (χ1) is 4.89. The topological polar surface area (TPSA) is 57.6 Å². The average Bonchev–Trinajstić information content (AvgIpc) is 1.79. The summed E-state index contributed by atoms with van der Waals surface area (Å²) in [6.45, 7) is 3.16. The van der Waals surface area contributed by atoms with Crippen molar-refractivity contribution in [1.82, 2.24) is 4.31 Å². The first-order valence-corrected chi connectivity index (χ1v) is 4.47. The Labute approximate surface area is 67.1 Å². The zero-order chi connectivity index (χ0) is 9.07. The summed E-state index contributed by atoms with van der Waals surface area (Å²) in [4.78, 5) is 0. The molecule has 0 fully saturated rings. The maximum Gasteiger partial charge on any atom is 0.337 e. The lowest BCUT2D eigenvalue weighted by atomic mass is 10.4. The van der Waals surface area contributed by atoms with Crippen LogP contribution in [0.25, 0.3) is 0 Å². The van der Waals surface area contributed by atoms with Crippen molar-refractivity contribution in [3.63, 3.8) is 0 Å². The molecule has 0 amide bonds. The van der Waals surface area contributed by atoms with Gasteiger partial charge < -0.3 is 0 Å². The van der Waals surface area contributed by atoms with Crippen LogP contribution < -0.4 is 0 Å². The van der Waals surface area contributed by atoms with Gasteiger partial charge in [-0.15, -0.1) is 6.42 Å². The molecule has 0 spiro atoms. The number of nitrogens with zero attached hydrogens (tertiary/aromatic N) is 1. The average molecular weight is 177 g/mol. The standard InChI is InChI=1S/C6H11NO3S/c1-4-5-7(6(2)3)11(8,9)10/h1,6H,5H2,2-3H3,(H,8,9,10). The molecule has 5 heteroatoms. The lowest BCUT2D eigenvalue weighted by Crippen LogP contribution is -2.36. The van der Waals surface area contributed by atoms with Crippen molar-refractivity contribution in [3.05, 3.63) is 0 Å². The highest BCUT2D eigenvalue weighted by Gasteiger charge is 2.20. The van der Waals surface area contributed by atoms with Crippen LogP contribution in [0, 0.1) is 12.3 Å². The van der Waals surface area contributed by atoms with Crippen LogP contribution in [-0.4, -0.2) is 29.9 Å². The van der Waals surface area contributed by atoms with Gasteiger partial charge >= 0.3 is 10.3 Å². The fraction of sp³-hybridized carbons (Fsp3) is 0.667. The van der Waals surface area contributed by atoms with Crippen LogP contribution in [0.4, 0.5) is 0 Å². The first kappa shape index (κ1) is 10.4. The quantitative estimate of drug-likeness (QED) is 0.492. The molecule has 0 aliphatic carbocycles. The molecular formula is C6H11NO3S. The van der Waals surface area contributed by atoms with Gasteiger partial charge in [-0.2, -0.15) is 12.7 Å². The van der Waals surface area contributed by atoms with Crippen molar-refractivity contribution < 1.29 is 13.0 Å². The van der Waals surface area contributed by atoms with Crippen molar-refractivity contribution >= 4 is 10.3 Å². The third-order valence-electron chi connectivity index (χ3n) is 1.12. The normalized spacial score (nSPS) is 12.0. The number of hydrogen-bond donors (Lipinski definition) is 1. The van der Waals surface area contributed by atoms with E-state index in [1.54, 1.807) is 13.8 Å². The Morgan fingerprint density at radius 3 is 2.18 bits per heavy atom. The summed E-state index contributed by atoms with van der Waals surface area (Å²) >= 11 is 0. The molecule has 0 radical (unpaired) electrons. The van der Waals surface area contributed by atoms with Crippen LogP contribution in [0.1, 0.15) is 13.8 Å². The summed E-state index contributed by atoms with van der Waals surface area (Å²) in [6, 6.07) is -0.318. The van der Waals surface area contributed by atoms with E-state index in [0.29, 0.717) is 0 Å². The summed E-state index contributed by atoms with van der Waals surface area (Å²) in [5.74, 6) is 2.14.